The topological polar surface area (TPSA) is 125 Å². The van der Waals surface area contributed by atoms with Crippen molar-refractivity contribution in [2.24, 2.45) is 0 Å². The summed E-state index contributed by atoms with van der Waals surface area (Å²) in [6.07, 6.45) is -2.40. The number of ether oxygens (including phenoxy) is 1. The third-order valence-electron chi connectivity index (χ3n) is 2.54. The summed E-state index contributed by atoms with van der Waals surface area (Å²) in [5, 5.41) is 28.3. The molecule has 0 saturated heterocycles. The molecule has 102 valence electrons. The van der Waals surface area contributed by atoms with Gasteiger partial charge in [-0.25, -0.2) is 4.79 Å². The number of nitrogens with one attached hydrogen (secondary N) is 1. The second kappa shape index (κ2) is 6.45. The maximum Gasteiger partial charge on any atom is 0.328 e. The molecular formula is C10H16N2O6. The molecule has 18 heavy (non-hydrogen) atoms. The lowest BCUT2D eigenvalue weighted by molar-refractivity contribution is -0.0964. The maximum atomic E-state index is 11.3. The highest BCUT2D eigenvalue weighted by Gasteiger charge is 2.26. The van der Waals surface area contributed by atoms with E-state index in [2.05, 4.69) is 0 Å². The second-order valence-corrected chi connectivity index (χ2v) is 3.78. The van der Waals surface area contributed by atoms with Crippen LogP contribution in [0.2, 0.25) is 0 Å². The fourth-order valence-electron chi connectivity index (χ4n) is 1.47. The molecule has 0 spiro atoms. The van der Waals surface area contributed by atoms with Gasteiger partial charge in [0.1, 0.15) is 18.3 Å². The van der Waals surface area contributed by atoms with Crippen LogP contribution in [-0.2, 0) is 11.3 Å². The minimum Gasteiger partial charge on any atom is -0.394 e. The molecule has 0 aromatic carbocycles. The molecule has 8 nitrogen and oxygen atoms in total. The van der Waals surface area contributed by atoms with Crippen LogP contribution in [0.4, 0.5) is 0 Å². The van der Waals surface area contributed by atoms with Gasteiger partial charge in [0.25, 0.3) is 5.56 Å². The average molecular weight is 260 g/mol. The van der Waals surface area contributed by atoms with Crippen molar-refractivity contribution in [1.29, 1.82) is 0 Å². The molecule has 0 bridgehead atoms. The third kappa shape index (κ3) is 3.50. The van der Waals surface area contributed by atoms with Gasteiger partial charge < -0.3 is 20.1 Å². The average Bonchev–Trinajstić information content (AvgIpc) is 2.34. The van der Waals surface area contributed by atoms with Gasteiger partial charge in [-0.2, -0.15) is 0 Å². The Bertz CT molecular complexity index is 478. The maximum absolute atomic E-state index is 11.3. The molecular weight excluding hydrogens is 244 g/mol. The number of nitrogens with zero attached hydrogens (tertiary/aromatic N) is 1. The number of H-pyrrole nitrogens is 1. The molecule has 0 aliphatic heterocycles. The van der Waals surface area contributed by atoms with Gasteiger partial charge in [0, 0.05) is 19.4 Å². The normalized spacial score (nSPS) is 16.2. The number of aromatic amines is 1. The van der Waals surface area contributed by atoms with E-state index in [1.54, 1.807) is 0 Å². The monoisotopic (exact) mass is 260 g/mol. The van der Waals surface area contributed by atoms with Gasteiger partial charge in [-0.15, -0.1) is 0 Å². The van der Waals surface area contributed by atoms with E-state index >= 15 is 0 Å². The summed E-state index contributed by atoms with van der Waals surface area (Å²) >= 11 is 0. The van der Waals surface area contributed by atoms with Gasteiger partial charge >= 0.3 is 5.69 Å². The predicted octanol–water partition coefficient (Wildman–Crippen LogP) is -2.73. The summed E-state index contributed by atoms with van der Waals surface area (Å²) in [7, 11) is 1.28. The molecule has 8 heteroatoms. The third-order valence-corrected chi connectivity index (χ3v) is 2.54. The zero-order valence-electron chi connectivity index (χ0n) is 9.81. The zero-order chi connectivity index (χ0) is 13.7. The minimum atomic E-state index is -1.35. The Hall–Kier alpha value is -1.48. The van der Waals surface area contributed by atoms with Crippen molar-refractivity contribution >= 4 is 0 Å². The van der Waals surface area contributed by atoms with E-state index in [1.165, 1.54) is 13.3 Å². The SMILES string of the molecule is COC(CO)C(O)C(O)Cn1ccc(=O)[nH]c1=O. The molecule has 1 heterocycles. The van der Waals surface area contributed by atoms with Gasteiger partial charge in [0.2, 0.25) is 0 Å². The van der Waals surface area contributed by atoms with Crippen LogP contribution in [0.3, 0.4) is 0 Å². The summed E-state index contributed by atoms with van der Waals surface area (Å²) < 4.78 is 5.81. The Morgan fingerprint density at radius 3 is 2.61 bits per heavy atom. The zero-order valence-corrected chi connectivity index (χ0v) is 9.81. The summed E-state index contributed by atoms with van der Waals surface area (Å²) in [4.78, 5) is 24.2. The number of aromatic nitrogens is 2. The lowest BCUT2D eigenvalue weighted by Gasteiger charge is -2.24. The number of hydrogen-bond donors (Lipinski definition) is 4. The van der Waals surface area contributed by atoms with Crippen LogP contribution in [0.15, 0.2) is 21.9 Å². The number of hydrogen-bond acceptors (Lipinski definition) is 6. The molecule has 1 aromatic rings. The van der Waals surface area contributed by atoms with Crippen molar-refractivity contribution in [3.05, 3.63) is 33.1 Å². The molecule has 0 fully saturated rings. The molecule has 0 aliphatic carbocycles. The van der Waals surface area contributed by atoms with Crippen molar-refractivity contribution in [3.63, 3.8) is 0 Å². The lowest BCUT2D eigenvalue weighted by atomic mass is 10.1. The molecule has 3 unspecified atom stereocenters. The Balaban J connectivity index is 2.77. The summed E-state index contributed by atoms with van der Waals surface area (Å²) in [6.45, 7) is -0.689. The van der Waals surface area contributed by atoms with E-state index in [0.717, 1.165) is 10.6 Å². The smallest absolute Gasteiger partial charge is 0.328 e. The van der Waals surface area contributed by atoms with E-state index in [4.69, 9.17) is 9.84 Å². The van der Waals surface area contributed by atoms with Crippen molar-refractivity contribution in [3.8, 4) is 0 Å². The Labute approximate surface area is 102 Å². The lowest BCUT2D eigenvalue weighted by Crippen LogP contribution is -2.44. The first-order valence-electron chi connectivity index (χ1n) is 5.29. The highest BCUT2D eigenvalue weighted by Crippen LogP contribution is 2.04. The van der Waals surface area contributed by atoms with Crippen LogP contribution in [0.1, 0.15) is 0 Å². The largest absolute Gasteiger partial charge is 0.394 e. The molecule has 1 rings (SSSR count). The first-order valence-corrected chi connectivity index (χ1v) is 5.29. The van der Waals surface area contributed by atoms with E-state index in [-0.39, 0.29) is 6.54 Å². The highest BCUT2D eigenvalue weighted by molar-refractivity contribution is 4.85. The standard InChI is InChI=1S/C10H16N2O6/c1-18-7(5-13)9(16)6(14)4-12-3-2-8(15)11-10(12)17/h2-3,6-7,9,13-14,16H,4-5H2,1H3,(H,11,15,17). The Morgan fingerprint density at radius 1 is 1.44 bits per heavy atom. The van der Waals surface area contributed by atoms with Crippen molar-refractivity contribution in [2.75, 3.05) is 13.7 Å². The van der Waals surface area contributed by atoms with Gasteiger partial charge in [0.05, 0.1) is 13.2 Å². The van der Waals surface area contributed by atoms with Crippen LogP contribution >= 0.6 is 0 Å². The molecule has 0 aliphatic rings. The van der Waals surface area contributed by atoms with Crippen molar-refractivity contribution in [2.45, 2.75) is 24.9 Å². The van der Waals surface area contributed by atoms with Crippen molar-refractivity contribution in [1.82, 2.24) is 9.55 Å². The van der Waals surface area contributed by atoms with Gasteiger partial charge in [0.15, 0.2) is 0 Å². The Morgan fingerprint density at radius 2 is 2.11 bits per heavy atom. The minimum absolute atomic E-state index is 0.226. The quantitative estimate of drug-likeness (QED) is 0.440. The fourth-order valence-corrected chi connectivity index (χ4v) is 1.47. The Kier molecular flexibility index (Phi) is 5.23. The molecule has 1 aromatic heterocycles. The summed E-state index contributed by atoms with van der Waals surface area (Å²) in [6, 6.07) is 1.13. The molecule has 3 atom stereocenters. The van der Waals surface area contributed by atoms with E-state index < -0.39 is 36.2 Å². The van der Waals surface area contributed by atoms with Crippen LogP contribution in [-0.4, -0.2) is 56.9 Å². The fraction of sp³-hybridized carbons (Fsp3) is 0.600. The first-order chi connectivity index (χ1) is 8.49. The van der Waals surface area contributed by atoms with Crippen LogP contribution < -0.4 is 11.2 Å². The number of rotatable bonds is 6. The summed E-state index contributed by atoms with van der Waals surface area (Å²) in [5.74, 6) is 0. The van der Waals surface area contributed by atoms with E-state index in [1.807, 2.05) is 4.98 Å². The summed E-state index contributed by atoms with van der Waals surface area (Å²) in [5.41, 5.74) is -1.23. The first kappa shape index (κ1) is 14.6. The number of aliphatic hydroxyl groups is 3. The molecule has 0 radical (unpaired) electrons. The van der Waals surface area contributed by atoms with Crippen LogP contribution in [0.5, 0.6) is 0 Å². The number of methoxy groups -OCH3 is 1. The van der Waals surface area contributed by atoms with Crippen molar-refractivity contribution < 1.29 is 20.1 Å². The van der Waals surface area contributed by atoms with Crippen LogP contribution in [0.25, 0.3) is 0 Å². The van der Waals surface area contributed by atoms with Gasteiger partial charge in [-0.3, -0.25) is 14.3 Å². The highest BCUT2D eigenvalue weighted by atomic mass is 16.5. The van der Waals surface area contributed by atoms with Gasteiger partial charge in [-0.1, -0.05) is 0 Å². The molecule has 4 N–H and O–H groups in total. The predicted molar refractivity (Wildman–Crippen MR) is 61.2 cm³/mol. The van der Waals surface area contributed by atoms with Gasteiger partial charge in [-0.05, 0) is 0 Å². The molecule has 0 saturated carbocycles. The van der Waals surface area contributed by atoms with E-state index in [0.29, 0.717) is 0 Å². The molecule has 0 amide bonds. The van der Waals surface area contributed by atoms with Crippen LogP contribution in [0, 0.1) is 0 Å². The second-order valence-electron chi connectivity index (χ2n) is 3.78. The number of aliphatic hydroxyl groups excluding tert-OH is 3. The van der Waals surface area contributed by atoms with E-state index in [9.17, 15) is 19.8 Å².